The predicted octanol–water partition coefficient (Wildman–Crippen LogP) is 4.61. The molecule has 6 nitrogen and oxygen atoms in total. The SMILES string of the molecule is Cc1ccc(NC(=O)N[C@@H]2N=C(c3ccccc3)c3ccccc3N(C)C2=O)cc1Cl. The van der Waals surface area contributed by atoms with E-state index in [0.29, 0.717) is 16.4 Å². The summed E-state index contributed by atoms with van der Waals surface area (Å²) in [5.41, 5.74) is 4.47. The highest BCUT2D eigenvalue weighted by Crippen LogP contribution is 2.27. The number of fused-ring (bicyclic) bond motifs is 1. The molecule has 0 aromatic heterocycles. The molecule has 1 aliphatic heterocycles. The third kappa shape index (κ3) is 4.29. The third-order valence-electron chi connectivity index (χ3n) is 5.09. The van der Waals surface area contributed by atoms with E-state index < -0.39 is 12.2 Å². The van der Waals surface area contributed by atoms with Gasteiger partial charge in [0.05, 0.1) is 11.4 Å². The van der Waals surface area contributed by atoms with Crippen LogP contribution in [0.25, 0.3) is 0 Å². The standard InChI is InChI=1S/C24H21ClN4O2/c1-15-12-13-17(14-19(15)25)26-24(31)28-22-23(30)29(2)20-11-7-6-10-18(20)21(27-22)16-8-4-3-5-9-16/h3-14,22H,1-2H3,(H2,26,28,31)/t22-/m0/s1. The number of likely N-dealkylation sites (N-methyl/N-ethyl adjacent to an activating group) is 1. The fourth-order valence-corrected chi connectivity index (χ4v) is 3.58. The largest absolute Gasteiger partial charge is 0.321 e. The molecule has 1 atom stereocenters. The number of hydrogen-bond acceptors (Lipinski definition) is 3. The van der Waals surface area contributed by atoms with Crippen LogP contribution < -0.4 is 15.5 Å². The van der Waals surface area contributed by atoms with Crippen molar-refractivity contribution < 1.29 is 9.59 Å². The number of urea groups is 1. The highest BCUT2D eigenvalue weighted by Gasteiger charge is 2.30. The van der Waals surface area contributed by atoms with E-state index in [9.17, 15) is 9.59 Å². The van der Waals surface area contributed by atoms with Gasteiger partial charge in [-0.15, -0.1) is 0 Å². The van der Waals surface area contributed by atoms with Crippen molar-refractivity contribution in [2.75, 3.05) is 17.3 Å². The lowest BCUT2D eigenvalue weighted by atomic mass is 10.0. The smallest absolute Gasteiger partial charge is 0.311 e. The van der Waals surface area contributed by atoms with E-state index in [-0.39, 0.29) is 5.91 Å². The Bertz CT molecular complexity index is 1180. The number of nitrogens with one attached hydrogen (secondary N) is 2. The summed E-state index contributed by atoms with van der Waals surface area (Å²) in [6, 6.07) is 21.8. The maximum atomic E-state index is 13.1. The van der Waals surface area contributed by atoms with Crippen molar-refractivity contribution in [1.29, 1.82) is 0 Å². The molecule has 0 fully saturated rings. The molecule has 4 rings (SSSR count). The highest BCUT2D eigenvalue weighted by atomic mass is 35.5. The Morgan fingerprint density at radius 1 is 1.03 bits per heavy atom. The van der Waals surface area contributed by atoms with Crippen LogP contribution in [0.2, 0.25) is 5.02 Å². The number of benzene rings is 3. The number of anilines is 2. The maximum Gasteiger partial charge on any atom is 0.321 e. The molecule has 0 bridgehead atoms. The number of halogens is 1. The Balaban J connectivity index is 1.67. The molecule has 1 aliphatic rings. The lowest BCUT2D eigenvalue weighted by Gasteiger charge is -2.21. The van der Waals surface area contributed by atoms with Crippen LogP contribution in [0, 0.1) is 6.92 Å². The van der Waals surface area contributed by atoms with Gasteiger partial charge in [0.2, 0.25) is 6.17 Å². The van der Waals surface area contributed by atoms with Gasteiger partial charge in [-0.1, -0.05) is 66.2 Å². The van der Waals surface area contributed by atoms with Crippen molar-refractivity contribution in [3.8, 4) is 0 Å². The molecule has 31 heavy (non-hydrogen) atoms. The van der Waals surface area contributed by atoms with Crippen molar-refractivity contribution >= 4 is 40.6 Å². The van der Waals surface area contributed by atoms with Gasteiger partial charge in [0.25, 0.3) is 5.91 Å². The van der Waals surface area contributed by atoms with Gasteiger partial charge in [0.15, 0.2) is 0 Å². The molecular weight excluding hydrogens is 412 g/mol. The summed E-state index contributed by atoms with van der Waals surface area (Å²) in [6.07, 6.45) is -1.09. The molecule has 0 saturated carbocycles. The lowest BCUT2D eigenvalue weighted by Crippen LogP contribution is -2.47. The van der Waals surface area contributed by atoms with Crippen molar-refractivity contribution in [2.24, 2.45) is 4.99 Å². The average molecular weight is 433 g/mol. The van der Waals surface area contributed by atoms with E-state index in [2.05, 4.69) is 15.6 Å². The maximum absolute atomic E-state index is 13.1. The monoisotopic (exact) mass is 432 g/mol. The zero-order valence-electron chi connectivity index (χ0n) is 17.1. The summed E-state index contributed by atoms with van der Waals surface area (Å²) in [5, 5.41) is 5.94. The summed E-state index contributed by atoms with van der Waals surface area (Å²) in [6.45, 7) is 1.88. The first kappa shape index (κ1) is 20.6. The molecule has 0 aliphatic carbocycles. The Kier molecular flexibility index (Phi) is 5.73. The quantitative estimate of drug-likeness (QED) is 0.634. The zero-order chi connectivity index (χ0) is 22.0. The van der Waals surface area contributed by atoms with Crippen LogP contribution in [-0.4, -0.2) is 30.9 Å². The summed E-state index contributed by atoms with van der Waals surface area (Å²) in [5.74, 6) is -0.338. The van der Waals surface area contributed by atoms with E-state index in [1.54, 1.807) is 19.2 Å². The first-order valence-electron chi connectivity index (χ1n) is 9.78. The Hall–Kier alpha value is -3.64. The lowest BCUT2D eigenvalue weighted by molar-refractivity contribution is -0.119. The van der Waals surface area contributed by atoms with Gasteiger partial charge in [-0.2, -0.15) is 0 Å². The van der Waals surface area contributed by atoms with Gasteiger partial charge in [-0.3, -0.25) is 4.79 Å². The number of para-hydroxylation sites is 1. The second-order valence-electron chi connectivity index (χ2n) is 7.22. The van der Waals surface area contributed by atoms with E-state index in [0.717, 1.165) is 22.4 Å². The number of benzodiazepines with no additional fused rings is 1. The molecule has 3 amide bonds. The summed E-state index contributed by atoms with van der Waals surface area (Å²) in [4.78, 5) is 32.0. The Labute approximate surface area is 185 Å². The number of aryl methyl sites for hydroxylation is 1. The number of rotatable bonds is 3. The van der Waals surface area contributed by atoms with Gasteiger partial charge < -0.3 is 15.5 Å². The first-order valence-corrected chi connectivity index (χ1v) is 10.2. The van der Waals surface area contributed by atoms with Crippen LogP contribution >= 0.6 is 11.6 Å². The van der Waals surface area contributed by atoms with Gasteiger partial charge in [0, 0.05) is 28.9 Å². The molecule has 0 spiro atoms. The third-order valence-corrected chi connectivity index (χ3v) is 5.50. The molecule has 3 aromatic carbocycles. The zero-order valence-corrected chi connectivity index (χ0v) is 17.9. The molecule has 2 N–H and O–H groups in total. The Morgan fingerprint density at radius 2 is 1.74 bits per heavy atom. The summed E-state index contributed by atoms with van der Waals surface area (Å²) >= 11 is 6.14. The number of carbonyl (C=O) groups is 2. The van der Waals surface area contributed by atoms with Crippen molar-refractivity contribution in [3.05, 3.63) is 94.5 Å². The van der Waals surface area contributed by atoms with Crippen LogP contribution in [0.4, 0.5) is 16.2 Å². The molecule has 156 valence electrons. The molecule has 3 aromatic rings. The molecule has 0 radical (unpaired) electrons. The predicted molar refractivity (Wildman–Crippen MR) is 124 cm³/mol. The fraction of sp³-hybridized carbons (Fsp3) is 0.125. The minimum absolute atomic E-state index is 0.338. The van der Waals surface area contributed by atoms with E-state index >= 15 is 0 Å². The number of nitrogens with zero attached hydrogens (tertiary/aromatic N) is 2. The average Bonchev–Trinajstić information content (AvgIpc) is 2.88. The second-order valence-corrected chi connectivity index (χ2v) is 7.63. The summed E-state index contributed by atoms with van der Waals surface area (Å²) in [7, 11) is 1.68. The van der Waals surface area contributed by atoms with Crippen molar-refractivity contribution in [2.45, 2.75) is 13.1 Å². The first-order chi connectivity index (χ1) is 14.9. The van der Waals surface area contributed by atoms with E-state index in [1.807, 2.05) is 67.6 Å². The van der Waals surface area contributed by atoms with Gasteiger partial charge in [-0.25, -0.2) is 9.79 Å². The van der Waals surface area contributed by atoms with Crippen LogP contribution in [0.1, 0.15) is 16.7 Å². The fourth-order valence-electron chi connectivity index (χ4n) is 3.40. The molecule has 0 saturated heterocycles. The summed E-state index contributed by atoms with van der Waals surface area (Å²) < 4.78 is 0. The minimum Gasteiger partial charge on any atom is -0.311 e. The van der Waals surface area contributed by atoms with E-state index in [4.69, 9.17) is 11.6 Å². The number of amides is 3. The van der Waals surface area contributed by atoms with Crippen LogP contribution in [-0.2, 0) is 4.79 Å². The minimum atomic E-state index is -1.09. The normalized spacial score (nSPS) is 15.6. The van der Waals surface area contributed by atoms with Crippen LogP contribution in [0.5, 0.6) is 0 Å². The topological polar surface area (TPSA) is 73.8 Å². The number of hydrogen-bond donors (Lipinski definition) is 2. The van der Waals surface area contributed by atoms with Crippen molar-refractivity contribution in [3.63, 3.8) is 0 Å². The van der Waals surface area contributed by atoms with Gasteiger partial charge in [0.1, 0.15) is 0 Å². The number of aliphatic imine (C=N–C) groups is 1. The highest BCUT2D eigenvalue weighted by molar-refractivity contribution is 6.31. The molecule has 0 unspecified atom stereocenters. The van der Waals surface area contributed by atoms with Crippen molar-refractivity contribution in [1.82, 2.24) is 5.32 Å². The Morgan fingerprint density at radius 3 is 2.48 bits per heavy atom. The molecular formula is C24H21ClN4O2. The number of carbonyl (C=O) groups excluding carboxylic acids is 2. The van der Waals surface area contributed by atoms with Gasteiger partial charge >= 0.3 is 6.03 Å². The molecule has 1 heterocycles. The van der Waals surface area contributed by atoms with Gasteiger partial charge in [-0.05, 0) is 30.7 Å². The van der Waals surface area contributed by atoms with E-state index in [1.165, 1.54) is 4.90 Å². The second kappa shape index (κ2) is 8.62. The van der Waals surface area contributed by atoms with Crippen LogP contribution in [0.3, 0.4) is 0 Å². The molecule has 7 heteroatoms. The van der Waals surface area contributed by atoms with Crippen LogP contribution in [0.15, 0.2) is 77.8 Å².